The van der Waals surface area contributed by atoms with E-state index < -0.39 is 0 Å². The fourth-order valence-electron chi connectivity index (χ4n) is 1.77. The number of nitrogens with zero attached hydrogens (tertiary/aromatic N) is 1. The van der Waals surface area contributed by atoms with Gasteiger partial charge in [-0.05, 0) is 48.6 Å². The highest BCUT2D eigenvalue weighted by Crippen LogP contribution is 2.20. The maximum atomic E-state index is 5.62. The second kappa shape index (κ2) is 8.00. The van der Waals surface area contributed by atoms with Crippen LogP contribution in [0.4, 0.5) is 5.69 Å². The van der Waals surface area contributed by atoms with Crippen LogP contribution in [0.1, 0.15) is 5.56 Å². The van der Waals surface area contributed by atoms with Gasteiger partial charge < -0.3 is 9.47 Å². The molecule has 2 aromatic carbocycles. The highest BCUT2D eigenvalue weighted by Gasteiger charge is 1.96. The minimum atomic E-state index is 0.474. The standard InChI is InChI=1S/C17H15NO2S/c1-19-15-8-10-16(11-9-15)20-12-4-6-14-5-2-3-7-17(14)18-13-21/h2-11H,12H2,1H3/b6-4-. The number of rotatable bonds is 6. The Balaban J connectivity index is 1.94. The van der Waals surface area contributed by atoms with Crippen LogP contribution >= 0.6 is 12.2 Å². The van der Waals surface area contributed by atoms with Crippen LogP contribution in [0, 0.1) is 0 Å². The van der Waals surface area contributed by atoms with E-state index in [1.807, 2.05) is 60.7 Å². The summed E-state index contributed by atoms with van der Waals surface area (Å²) in [5, 5.41) is 2.38. The molecule has 0 amide bonds. The summed E-state index contributed by atoms with van der Waals surface area (Å²) in [6, 6.07) is 15.2. The van der Waals surface area contributed by atoms with E-state index in [9.17, 15) is 0 Å². The molecule has 0 aliphatic heterocycles. The quantitative estimate of drug-likeness (QED) is 0.580. The molecule has 0 aliphatic carbocycles. The molecule has 0 saturated heterocycles. The first kappa shape index (κ1) is 15.0. The Labute approximate surface area is 129 Å². The van der Waals surface area contributed by atoms with E-state index in [2.05, 4.69) is 22.4 Å². The maximum Gasteiger partial charge on any atom is 0.120 e. The molecule has 2 rings (SSSR count). The highest BCUT2D eigenvalue weighted by atomic mass is 32.1. The van der Waals surface area contributed by atoms with Gasteiger partial charge in [-0.25, -0.2) is 0 Å². The summed E-state index contributed by atoms with van der Waals surface area (Å²) in [7, 11) is 1.64. The summed E-state index contributed by atoms with van der Waals surface area (Å²) < 4.78 is 10.7. The van der Waals surface area contributed by atoms with Crippen molar-refractivity contribution in [1.82, 2.24) is 0 Å². The van der Waals surface area contributed by atoms with Crippen LogP contribution < -0.4 is 9.47 Å². The van der Waals surface area contributed by atoms with E-state index >= 15 is 0 Å². The average molecular weight is 297 g/mol. The predicted molar refractivity (Wildman–Crippen MR) is 88.7 cm³/mol. The van der Waals surface area contributed by atoms with Crippen LogP contribution in [0.2, 0.25) is 0 Å². The van der Waals surface area contributed by atoms with E-state index in [-0.39, 0.29) is 0 Å². The van der Waals surface area contributed by atoms with Crippen LogP contribution in [-0.2, 0) is 0 Å². The Morgan fingerprint density at radius 2 is 1.81 bits per heavy atom. The van der Waals surface area contributed by atoms with Gasteiger partial charge in [0.1, 0.15) is 18.1 Å². The summed E-state index contributed by atoms with van der Waals surface area (Å²) in [6.45, 7) is 0.474. The van der Waals surface area contributed by atoms with Crippen molar-refractivity contribution in [1.29, 1.82) is 0 Å². The molecule has 21 heavy (non-hydrogen) atoms. The monoisotopic (exact) mass is 297 g/mol. The summed E-state index contributed by atoms with van der Waals surface area (Å²) in [5.74, 6) is 1.61. The van der Waals surface area contributed by atoms with Gasteiger partial charge in [0, 0.05) is 5.56 Å². The zero-order valence-corrected chi connectivity index (χ0v) is 12.5. The van der Waals surface area contributed by atoms with Crippen molar-refractivity contribution in [2.75, 3.05) is 13.7 Å². The summed E-state index contributed by atoms with van der Waals surface area (Å²) in [5.41, 5.74) is 1.78. The molecule has 0 spiro atoms. The number of aliphatic imine (C=N–C) groups is 1. The van der Waals surface area contributed by atoms with Crippen LogP contribution in [0.3, 0.4) is 0 Å². The first-order chi connectivity index (χ1) is 10.3. The summed E-state index contributed by atoms with van der Waals surface area (Å²) >= 11 is 4.64. The zero-order chi connectivity index (χ0) is 14.9. The molecule has 106 valence electrons. The van der Waals surface area contributed by atoms with Gasteiger partial charge in [-0.15, -0.1) is 0 Å². The highest BCUT2D eigenvalue weighted by molar-refractivity contribution is 7.78. The van der Waals surface area contributed by atoms with Gasteiger partial charge in [0.25, 0.3) is 0 Å². The third-order valence-corrected chi connectivity index (χ3v) is 2.90. The van der Waals surface area contributed by atoms with E-state index in [4.69, 9.17) is 9.47 Å². The van der Waals surface area contributed by atoms with Crippen molar-refractivity contribution < 1.29 is 9.47 Å². The van der Waals surface area contributed by atoms with Crippen LogP contribution in [0.5, 0.6) is 11.5 Å². The van der Waals surface area contributed by atoms with Crippen molar-refractivity contribution in [3.8, 4) is 11.5 Å². The lowest BCUT2D eigenvalue weighted by molar-refractivity contribution is 0.361. The van der Waals surface area contributed by atoms with Gasteiger partial charge in [-0.2, -0.15) is 4.99 Å². The van der Waals surface area contributed by atoms with Crippen molar-refractivity contribution in [3.05, 3.63) is 60.2 Å². The first-order valence-electron chi connectivity index (χ1n) is 6.44. The van der Waals surface area contributed by atoms with Crippen LogP contribution in [0.25, 0.3) is 6.08 Å². The normalized spacial score (nSPS) is 10.1. The number of hydrogen-bond donors (Lipinski definition) is 0. The van der Waals surface area contributed by atoms with Crippen molar-refractivity contribution in [2.24, 2.45) is 4.99 Å². The number of thiocarbonyl (C=S) groups is 1. The molecule has 4 heteroatoms. The number of isothiocyanates is 1. The SMILES string of the molecule is COc1ccc(OC/C=C\c2ccccc2N=C=S)cc1. The first-order valence-corrected chi connectivity index (χ1v) is 6.84. The topological polar surface area (TPSA) is 30.8 Å². The van der Waals surface area contributed by atoms with Gasteiger partial charge in [0.15, 0.2) is 0 Å². The lowest BCUT2D eigenvalue weighted by Gasteiger charge is -2.04. The molecule has 3 nitrogen and oxygen atoms in total. The van der Waals surface area contributed by atoms with Gasteiger partial charge in [0.05, 0.1) is 18.0 Å². The molecule has 0 N–H and O–H groups in total. The minimum Gasteiger partial charge on any atom is -0.497 e. The lowest BCUT2D eigenvalue weighted by Crippen LogP contribution is -1.93. The van der Waals surface area contributed by atoms with Crippen LogP contribution in [-0.4, -0.2) is 18.9 Å². The van der Waals surface area contributed by atoms with E-state index in [0.29, 0.717) is 6.61 Å². The van der Waals surface area contributed by atoms with Gasteiger partial charge in [0.2, 0.25) is 0 Å². The Hall–Kier alpha value is -2.42. The van der Waals surface area contributed by atoms with Gasteiger partial charge >= 0.3 is 0 Å². The molecule has 0 heterocycles. The zero-order valence-electron chi connectivity index (χ0n) is 11.7. The van der Waals surface area contributed by atoms with Crippen molar-refractivity contribution in [2.45, 2.75) is 0 Å². The number of benzene rings is 2. The fourth-order valence-corrected chi connectivity index (χ4v) is 1.87. The molecule has 0 bridgehead atoms. The minimum absolute atomic E-state index is 0.474. The Morgan fingerprint density at radius 1 is 1.10 bits per heavy atom. The Morgan fingerprint density at radius 3 is 2.52 bits per heavy atom. The molecule has 0 fully saturated rings. The van der Waals surface area contributed by atoms with E-state index in [1.165, 1.54) is 0 Å². The molecule has 0 atom stereocenters. The molecule has 0 aromatic heterocycles. The third-order valence-electron chi connectivity index (χ3n) is 2.81. The van der Waals surface area contributed by atoms with E-state index in [0.717, 1.165) is 22.7 Å². The molecular weight excluding hydrogens is 282 g/mol. The van der Waals surface area contributed by atoms with Crippen LogP contribution in [0.15, 0.2) is 59.6 Å². The molecular formula is C17H15NO2S. The Kier molecular flexibility index (Phi) is 5.71. The second-order valence-electron chi connectivity index (χ2n) is 4.15. The smallest absolute Gasteiger partial charge is 0.120 e. The number of ether oxygens (including phenoxy) is 2. The van der Waals surface area contributed by atoms with Crippen molar-refractivity contribution >= 4 is 29.1 Å². The molecule has 2 aromatic rings. The molecule has 0 saturated carbocycles. The second-order valence-corrected chi connectivity index (χ2v) is 4.33. The van der Waals surface area contributed by atoms with Gasteiger partial charge in [-0.3, -0.25) is 0 Å². The predicted octanol–water partition coefficient (Wildman–Crippen LogP) is 4.52. The average Bonchev–Trinajstić information content (AvgIpc) is 2.54. The molecule has 0 radical (unpaired) electrons. The Bertz CT molecular complexity index is 659. The third kappa shape index (κ3) is 4.56. The largest absolute Gasteiger partial charge is 0.497 e. The van der Waals surface area contributed by atoms with E-state index in [1.54, 1.807) is 7.11 Å². The summed E-state index contributed by atoms with van der Waals surface area (Å²) in [4.78, 5) is 4.02. The number of methoxy groups -OCH3 is 1. The lowest BCUT2D eigenvalue weighted by atomic mass is 10.1. The summed E-state index contributed by atoms with van der Waals surface area (Å²) in [6.07, 6.45) is 3.89. The number of para-hydroxylation sites is 1. The molecule has 0 unspecified atom stereocenters. The molecule has 0 aliphatic rings. The van der Waals surface area contributed by atoms with Gasteiger partial charge in [-0.1, -0.05) is 24.3 Å². The number of hydrogen-bond acceptors (Lipinski definition) is 4. The maximum absolute atomic E-state index is 5.62. The fraction of sp³-hybridized carbons (Fsp3) is 0.118. The van der Waals surface area contributed by atoms with Crippen molar-refractivity contribution in [3.63, 3.8) is 0 Å².